The second kappa shape index (κ2) is 7.17. The Bertz CT molecular complexity index is 1100. The quantitative estimate of drug-likeness (QED) is 0.503. The first kappa shape index (κ1) is 18.2. The fraction of sp³-hybridized carbons (Fsp3) is 0.292. The second-order valence-electron chi connectivity index (χ2n) is 8.06. The Morgan fingerprint density at radius 1 is 1.21 bits per heavy atom. The van der Waals surface area contributed by atoms with Gasteiger partial charge in [-0.2, -0.15) is 5.06 Å². The highest BCUT2D eigenvalue weighted by Gasteiger charge is 2.29. The SMILES string of the molecule is Cc1[nH]c2ccc(C(=O)N(O)c3ccccc3)cc2c1C1=CCN2CCCC2C1. The molecule has 1 fully saturated rings. The van der Waals surface area contributed by atoms with E-state index in [-0.39, 0.29) is 0 Å². The van der Waals surface area contributed by atoms with Crippen LogP contribution in [0.4, 0.5) is 5.69 Å². The Morgan fingerprint density at radius 2 is 2.03 bits per heavy atom. The molecule has 3 aromatic rings. The van der Waals surface area contributed by atoms with Crippen LogP contribution >= 0.6 is 0 Å². The molecule has 5 nitrogen and oxygen atoms in total. The number of aromatic amines is 1. The molecular formula is C24H25N3O2. The Hall–Kier alpha value is -2.89. The molecule has 2 aromatic carbocycles. The number of para-hydroxylation sites is 1. The summed E-state index contributed by atoms with van der Waals surface area (Å²) >= 11 is 0. The van der Waals surface area contributed by atoms with Crippen LogP contribution in [0.2, 0.25) is 0 Å². The number of aromatic nitrogens is 1. The fourth-order valence-electron chi connectivity index (χ4n) is 4.82. The molecule has 1 amide bonds. The molecule has 1 unspecified atom stereocenters. The van der Waals surface area contributed by atoms with Crippen LogP contribution in [0.3, 0.4) is 0 Å². The molecule has 1 atom stereocenters. The number of nitrogens with zero attached hydrogens (tertiary/aromatic N) is 2. The molecule has 2 aliphatic heterocycles. The van der Waals surface area contributed by atoms with E-state index in [2.05, 4.69) is 22.9 Å². The number of anilines is 1. The van der Waals surface area contributed by atoms with Crippen LogP contribution in [-0.4, -0.2) is 40.1 Å². The van der Waals surface area contributed by atoms with Crippen LogP contribution in [-0.2, 0) is 0 Å². The number of benzene rings is 2. The predicted molar refractivity (Wildman–Crippen MR) is 115 cm³/mol. The highest BCUT2D eigenvalue weighted by molar-refractivity contribution is 6.07. The summed E-state index contributed by atoms with van der Waals surface area (Å²) in [5.41, 5.74) is 5.66. The summed E-state index contributed by atoms with van der Waals surface area (Å²) in [4.78, 5) is 18.9. The molecular weight excluding hydrogens is 362 g/mol. The van der Waals surface area contributed by atoms with E-state index in [9.17, 15) is 10.0 Å². The van der Waals surface area contributed by atoms with Crippen molar-refractivity contribution < 1.29 is 10.0 Å². The molecule has 3 heterocycles. The first-order chi connectivity index (χ1) is 14.1. The van der Waals surface area contributed by atoms with Gasteiger partial charge < -0.3 is 4.98 Å². The number of carbonyl (C=O) groups excluding carboxylic acids is 1. The highest BCUT2D eigenvalue weighted by Crippen LogP contribution is 2.37. The number of H-pyrrole nitrogens is 1. The highest BCUT2D eigenvalue weighted by atomic mass is 16.5. The van der Waals surface area contributed by atoms with E-state index in [1.165, 1.54) is 30.5 Å². The van der Waals surface area contributed by atoms with E-state index >= 15 is 0 Å². The van der Waals surface area contributed by atoms with E-state index in [0.29, 0.717) is 17.3 Å². The van der Waals surface area contributed by atoms with Crippen LogP contribution in [0.5, 0.6) is 0 Å². The number of hydrogen-bond donors (Lipinski definition) is 2. The van der Waals surface area contributed by atoms with Crippen molar-refractivity contribution in [2.24, 2.45) is 0 Å². The van der Waals surface area contributed by atoms with Gasteiger partial charge in [-0.15, -0.1) is 0 Å². The molecule has 148 valence electrons. The van der Waals surface area contributed by atoms with Crippen LogP contribution in [0.15, 0.2) is 54.6 Å². The maximum absolute atomic E-state index is 12.9. The van der Waals surface area contributed by atoms with Crippen molar-refractivity contribution in [2.45, 2.75) is 32.2 Å². The molecule has 0 aliphatic carbocycles. The van der Waals surface area contributed by atoms with Crippen molar-refractivity contribution in [3.63, 3.8) is 0 Å². The zero-order valence-electron chi connectivity index (χ0n) is 16.6. The molecule has 1 saturated heterocycles. The number of nitrogens with one attached hydrogen (secondary N) is 1. The lowest BCUT2D eigenvalue weighted by atomic mass is 9.92. The summed E-state index contributed by atoms with van der Waals surface area (Å²) in [6.45, 7) is 4.30. The Balaban J connectivity index is 1.52. The molecule has 0 spiro atoms. The van der Waals surface area contributed by atoms with Crippen molar-refractivity contribution in [3.05, 3.63) is 71.4 Å². The van der Waals surface area contributed by atoms with Crippen molar-refractivity contribution in [1.82, 2.24) is 9.88 Å². The minimum atomic E-state index is -0.428. The van der Waals surface area contributed by atoms with Crippen molar-refractivity contribution in [3.8, 4) is 0 Å². The average molecular weight is 387 g/mol. The lowest BCUT2D eigenvalue weighted by Crippen LogP contribution is -2.32. The molecule has 5 heteroatoms. The first-order valence-corrected chi connectivity index (χ1v) is 10.3. The summed E-state index contributed by atoms with van der Waals surface area (Å²) in [6, 6.07) is 15.1. The predicted octanol–water partition coefficient (Wildman–Crippen LogP) is 4.76. The number of hydroxylamine groups is 1. The van der Waals surface area contributed by atoms with Crippen molar-refractivity contribution in [1.29, 1.82) is 0 Å². The standard InChI is InChI=1S/C24H25N3O2/c1-16-23(17-11-13-26-12-5-8-20(26)14-17)21-15-18(9-10-22(21)25-16)24(28)27(29)19-6-3-2-4-7-19/h2-4,6-7,9-11,15,20,25,29H,5,8,12-14H2,1H3. The number of rotatable bonds is 3. The third-order valence-electron chi connectivity index (χ3n) is 6.27. The third kappa shape index (κ3) is 3.16. The number of amides is 1. The van der Waals surface area contributed by atoms with Gasteiger partial charge in [0.05, 0.1) is 5.69 Å². The molecule has 1 aromatic heterocycles. The van der Waals surface area contributed by atoms with E-state index in [0.717, 1.165) is 34.6 Å². The molecule has 0 bridgehead atoms. The molecule has 0 radical (unpaired) electrons. The van der Waals surface area contributed by atoms with Gasteiger partial charge in [-0.3, -0.25) is 14.9 Å². The van der Waals surface area contributed by atoms with Gasteiger partial charge in [-0.25, -0.2) is 0 Å². The van der Waals surface area contributed by atoms with Crippen LogP contribution < -0.4 is 5.06 Å². The van der Waals surface area contributed by atoms with E-state index in [1.54, 1.807) is 30.3 Å². The van der Waals surface area contributed by atoms with Gasteiger partial charge in [-0.1, -0.05) is 24.3 Å². The lowest BCUT2D eigenvalue weighted by molar-refractivity contribution is 0.0855. The normalized spacial score (nSPS) is 19.2. The second-order valence-corrected chi connectivity index (χ2v) is 8.06. The molecule has 2 aliphatic rings. The summed E-state index contributed by atoms with van der Waals surface area (Å²) in [5.74, 6) is -0.428. The van der Waals surface area contributed by atoms with Crippen LogP contribution in [0.25, 0.3) is 16.5 Å². The summed E-state index contributed by atoms with van der Waals surface area (Å²) in [6.07, 6.45) is 5.94. The Morgan fingerprint density at radius 3 is 2.86 bits per heavy atom. The number of carbonyl (C=O) groups is 1. The molecule has 5 rings (SSSR count). The molecule has 2 N–H and O–H groups in total. The van der Waals surface area contributed by atoms with Crippen LogP contribution in [0.1, 0.15) is 40.9 Å². The maximum Gasteiger partial charge on any atom is 0.282 e. The largest absolute Gasteiger partial charge is 0.358 e. The monoisotopic (exact) mass is 387 g/mol. The van der Waals surface area contributed by atoms with E-state index < -0.39 is 5.91 Å². The van der Waals surface area contributed by atoms with Gasteiger partial charge in [0.2, 0.25) is 0 Å². The number of fused-ring (bicyclic) bond motifs is 2. The fourth-order valence-corrected chi connectivity index (χ4v) is 4.82. The van der Waals surface area contributed by atoms with Gasteiger partial charge in [-0.05, 0) is 68.6 Å². The lowest BCUT2D eigenvalue weighted by Gasteiger charge is -2.29. The Kier molecular flexibility index (Phi) is 4.49. The van der Waals surface area contributed by atoms with Gasteiger partial charge in [0.25, 0.3) is 5.91 Å². The van der Waals surface area contributed by atoms with Crippen LogP contribution in [0, 0.1) is 6.92 Å². The van der Waals surface area contributed by atoms with Gasteiger partial charge >= 0.3 is 0 Å². The van der Waals surface area contributed by atoms with Gasteiger partial charge in [0.15, 0.2) is 0 Å². The summed E-state index contributed by atoms with van der Waals surface area (Å²) in [5, 5.41) is 12.2. The van der Waals surface area contributed by atoms with Crippen molar-refractivity contribution >= 4 is 28.1 Å². The first-order valence-electron chi connectivity index (χ1n) is 10.3. The smallest absolute Gasteiger partial charge is 0.282 e. The zero-order chi connectivity index (χ0) is 20.0. The van der Waals surface area contributed by atoms with E-state index in [4.69, 9.17) is 0 Å². The zero-order valence-corrected chi connectivity index (χ0v) is 16.6. The third-order valence-corrected chi connectivity index (χ3v) is 6.27. The summed E-state index contributed by atoms with van der Waals surface area (Å²) in [7, 11) is 0. The number of hydrogen-bond acceptors (Lipinski definition) is 3. The average Bonchev–Trinajstić information content (AvgIpc) is 3.35. The van der Waals surface area contributed by atoms with E-state index in [1.807, 2.05) is 18.2 Å². The minimum absolute atomic E-state index is 0.428. The van der Waals surface area contributed by atoms with Gasteiger partial charge in [0, 0.05) is 40.3 Å². The topological polar surface area (TPSA) is 59.6 Å². The van der Waals surface area contributed by atoms with Gasteiger partial charge in [0.1, 0.15) is 0 Å². The van der Waals surface area contributed by atoms with Crippen molar-refractivity contribution in [2.75, 3.05) is 18.2 Å². The maximum atomic E-state index is 12.9. The molecule has 29 heavy (non-hydrogen) atoms. The molecule has 0 saturated carbocycles. The number of aryl methyl sites for hydroxylation is 1. The summed E-state index contributed by atoms with van der Waals surface area (Å²) < 4.78 is 0. The minimum Gasteiger partial charge on any atom is -0.358 e. The Labute approximate surface area is 170 Å².